The normalized spacial score (nSPS) is 22.7. The van der Waals surface area contributed by atoms with Gasteiger partial charge in [-0.3, -0.25) is 9.10 Å². The third-order valence-corrected chi connectivity index (χ3v) is 8.45. The number of ether oxygens (including phenoxy) is 1. The highest BCUT2D eigenvalue weighted by molar-refractivity contribution is 7.92. The number of carbonyl (C=O) groups excluding carboxylic acids is 1. The topological polar surface area (TPSA) is 75.7 Å². The second-order valence-electron chi connectivity index (χ2n) is 8.07. The minimum Gasteiger partial charge on any atom is -0.497 e. The fraction of sp³-hybridized carbons (Fsp3) is 0.409. The molecule has 30 heavy (non-hydrogen) atoms. The highest BCUT2D eigenvalue weighted by Crippen LogP contribution is 2.44. The maximum absolute atomic E-state index is 12.9. The fourth-order valence-corrected chi connectivity index (χ4v) is 6.04. The summed E-state index contributed by atoms with van der Waals surface area (Å²) in [4.78, 5) is 12.9. The molecule has 8 heteroatoms. The van der Waals surface area contributed by atoms with Crippen LogP contribution in [-0.2, 0) is 10.0 Å². The van der Waals surface area contributed by atoms with Crippen molar-refractivity contribution in [2.45, 2.75) is 36.6 Å². The molecule has 160 valence electrons. The predicted molar refractivity (Wildman–Crippen MR) is 117 cm³/mol. The van der Waals surface area contributed by atoms with Crippen molar-refractivity contribution in [3.05, 3.63) is 53.1 Å². The zero-order valence-corrected chi connectivity index (χ0v) is 18.5. The molecule has 2 bridgehead atoms. The lowest BCUT2D eigenvalue weighted by Gasteiger charge is -2.23. The number of nitrogens with zero attached hydrogens (tertiary/aromatic N) is 1. The molecule has 0 saturated heterocycles. The van der Waals surface area contributed by atoms with Crippen LogP contribution >= 0.6 is 11.6 Å². The number of benzene rings is 2. The van der Waals surface area contributed by atoms with E-state index in [1.807, 2.05) is 0 Å². The molecule has 6 nitrogen and oxygen atoms in total. The standard InChI is InChI=1S/C22H25ClN2O4S/c1-25(30(27,28)18-8-6-17(29-2)7-9-18)16-5-10-19(20(23)13-16)22(26)24-21-12-14-3-4-15(21)11-14/h5-10,13-15,21H,3-4,11-12H2,1-2H3,(H,24,26)/t14?,15?,21-/m1/s1. The first-order valence-corrected chi connectivity index (χ1v) is 11.8. The molecule has 0 heterocycles. The van der Waals surface area contributed by atoms with Gasteiger partial charge in [0.25, 0.3) is 15.9 Å². The monoisotopic (exact) mass is 448 g/mol. The summed E-state index contributed by atoms with van der Waals surface area (Å²) in [6, 6.07) is 11.1. The molecule has 0 spiro atoms. The summed E-state index contributed by atoms with van der Waals surface area (Å²) in [5.74, 6) is 1.67. The summed E-state index contributed by atoms with van der Waals surface area (Å²) >= 11 is 6.37. The van der Waals surface area contributed by atoms with Gasteiger partial charge in [0.05, 0.1) is 28.3 Å². The van der Waals surface area contributed by atoms with Gasteiger partial charge in [0.15, 0.2) is 0 Å². The molecule has 0 aromatic heterocycles. The highest BCUT2D eigenvalue weighted by Gasteiger charge is 2.40. The van der Waals surface area contributed by atoms with Gasteiger partial charge >= 0.3 is 0 Å². The van der Waals surface area contributed by atoms with Gasteiger partial charge in [-0.25, -0.2) is 8.42 Å². The Morgan fingerprint density at radius 3 is 2.43 bits per heavy atom. The highest BCUT2D eigenvalue weighted by atomic mass is 35.5. The summed E-state index contributed by atoms with van der Waals surface area (Å²) in [7, 11) is -0.794. The van der Waals surface area contributed by atoms with Gasteiger partial charge < -0.3 is 10.1 Å². The molecule has 0 aliphatic heterocycles. The number of methoxy groups -OCH3 is 1. The van der Waals surface area contributed by atoms with E-state index in [1.54, 1.807) is 24.3 Å². The van der Waals surface area contributed by atoms with Crippen molar-refractivity contribution in [1.29, 1.82) is 0 Å². The maximum atomic E-state index is 12.9. The average molecular weight is 449 g/mol. The Morgan fingerprint density at radius 1 is 1.13 bits per heavy atom. The molecule has 2 aliphatic rings. The molecule has 1 amide bonds. The quantitative estimate of drug-likeness (QED) is 0.722. The Morgan fingerprint density at radius 2 is 1.87 bits per heavy atom. The molecule has 2 fully saturated rings. The van der Waals surface area contributed by atoms with Gasteiger partial charge in [-0.1, -0.05) is 18.0 Å². The van der Waals surface area contributed by atoms with Crippen LogP contribution in [0.2, 0.25) is 5.02 Å². The van der Waals surface area contributed by atoms with E-state index in [2.05, 4.69) is 5.32 Å². The molecule has 0 radical (unpaired) electrons. The van der Waals surface area contributed by atoms with E-state index in [0.29, 0.717) is 22.9 Å². The van der Waals surface area contributed by atoms with Gasteiger partial charge in [0, 0.05) is 13.1 Å². The summed E-state index contributed by atoms with van der Waals surface area (Å²) < 4.78 is 32.1. The Bertz CT molecular complexity index is 1060. The van der Waals surface area contributed by atoms with Crippen molar-refractivity contribution in [1.82, 2.24) is 5.32 Å². The van der Waals surface area contributed by atoms with E-state index in [-0.39, 0.29) is 21.9 Å². The largest absolute Gasteiger partial charge is 0.497 e. The van der Waals surface area contributed by atoms with Gasteiger partial charge in [-0.15, -0.1) is 0 Å². The number of anilines is 1. The van der Waals surface area contributed by atoms with Crippen molar-refractivity contribution < 1.29 is 17.9 Å². The summed E-state index contributed by atoms with van der Waals surface area (Å²) in [6.07, 6.45) is 4.68. The number of rotatable bonds is 6. The van der Waals surface area contributed by atoms with Crippen molar-refractivity contribution >= 4 is 33.2 Å². The molecule has 2 unspecified atom stereocenters. The number of amides is 1. The second-order valence-corrected chi connectivity index (χ2v) is 10.4. The van der Waals surface area contributed by atoms with Crippen molar-refractivity contribution in [2.24, 2.45) is 11.8 Å². The molecular formula is C22H25ClN2O4S. The van der Waals surface area contributed by atoms with E-state index in [9.17, 15) is 13.2 Å². The van der Waals surface area contributed by atoms with Crippen LogP contribution in [-0.4, -0.2) is 34.5 Å². The third-order valence-electron chi connectivity index (χ3n) is 6.33. The van der Waals surface area contributed by atoms with Crippen LogP contribution in [0.15, 0.2) is 47.4 Å². The Hall–Kier alpha value is -2.25. The molecule has 4 rings (SSSR count). The van der Waals surface area contributed by atoms with Crippen molar-refractivity contribution in [3.63, 3.8) is 0 Å². The maximum Gasteiger partial charge on any atom is 0.264 e. The summed E-state index contributed by atoms with van der Waals surface area (Å²) in [5.41, 5.74) is 0.741. The molecule has 3 atom stereocenters. The van der Waals surface area contributed by atoms with Crippen LogP contribution in [0.25, 0.3) is 0 Å². The van der Waals surface area contributed by atoms with Gasteiger partial charge in [-0.05, 0) is 73.6 Å². The van der Waals surface area contributed by atoms with Crippen LogP contribution in [0.3, 0.4) is 0 Å². The minimum absolute atomic E-state index is 0.139. The van der Waals surface area contributed by atoms with Crippen LogP contribution in [0.5, 0.6) is 5.75 Å². The molecule has 2 aliphatic carbocycles. The number of fused-ring (bicyclic) bond motifs is 2. The zero-order valence-electron chi connectivity index (χ0n) is 17.0. The molecule has 2 aromatic rings. The van der Waals surface area contributed by atoms with Crippen LogP contribution < -0.4 is 14.4 Å². The number of hydrogen-bond acceptors (Lipinski definition) is 4. The lowest BCUT2D eigenvalue weighted by molar-refractivity contribution is 0.0923. The van der Waals surface area contributed by atoms with E-state index < -0.39 is 10.0 Å². The number of carbonyl (C=O) groups is 1. The van der Waals surface area contributed by atoms with Crippen molar-refractivity contribution in [3.8, 4) is 5.75 Å². The average Bonchev–Trinajstić information content (AvgIpc) is 3.36. The number of nitrogens with one attached hydrogen (secondary N) is 1. The van der Waals surface area contributed by atoms with Crippen LogP contribution in [0.4, 0.5) is 5.69 Å². The minimum atomic E-state index is -3.77. The van der Waals surface area contributed by atoms with Crippen LogP contribution in [0.1, 0.15) is 36.0 Å². The molecule has 1 N–H and O–H groups in total. The van der Waals surface area contributed by atoms with Crippen LogP contribution in [0, 0.1) is 11.8 Å². The Labute approximate surface area is 182 Å². The third kappa shape index (κ3) is 3.88. The van der Waals surface area contributed by atoms with E-state index in [1.165, 1.54) is 51.6 Å². The van der Waals surface area contributed by atoms with E-state index in [0.717, 1.165) is 16.6 Å². The fourth-order valence-electron chi connectivity index (χ4n) is 4.60. The second kappa shape index (κ2) is 8.12. The Kier molecular flexibility index (Phi) is 5.68. The van der Waals surface area contributed by atoms with E-state index in [4.69, 9.17) is 16.3 Å². The van der Waals surface area contributed by atoms with E-state index >= 15 is 0 Å². The summed E-state index contributed by atoms with van der Waals surface area (Å²) in [6.45, 7) is 0. The smallest absolute Gasteiger partial charge is 0.264 e. The lowest BCUT2D eigenvalue weighted by Crippen LogP contribution is -2.38. The zero-order chi connectivity index (χ0) is 21.5. The van der Waals surface area contributed by atoms with Gasteiger partial charge in [-0.2, -0.15) is 0 Å². The molecule has 2 aromatic carbocycles. The lowest BCUT2D eigenvalue weighted by atomic mass is 9.95. The van der Waals surface area contributed by atoms with Crippen molar-refractivity contribution in [2.75, 3.05) is 18.5 Å². The van der Waals surface area contributed by atoms with Gasteiger partial charge in [0.2, 0.25) is 0 Å². The summed E-state index contributed by atoms with van der Waals surface area (Å²) in [5, 5.41) is 3.34. The number of halogens is 1. The SMILES string of the molecule is COc1ccc(S(=O)(=O)N(C)c2ccc(C(=O)N[C@@H]3CC4CCC3C4)c(Cl)c2)cc1. The first-order valence-electron chi connectivity index (χ1n) is 10.0. The predicted octanol–water partition coefficient (Wildman–Crippen LogP) is 4.09. The first-order chi connectivity index (χ1) is 14.3. The number of sulfonamides is 1. The number of hydrogen-bond donors (Lipinski definition) is 1. The molecular weight excluding hydrogens is 424 g/mol. The van der Waals surface area contributed by atoms with Gasteiger partial charge in [0.1, 0.15) is 5.75 Å². The Balaban J connectivity index is 1.50. The molecule has 2 saturated carbocycles. The first kappa shape index (κ1) is 21.0.